The molecule has 2 aromatic rings. The van der Waals surface area contributed by atoms with Crippen molar-refractivity contribution >= 4 is 27.5 Å². The first-order valence-electron chi connectivity index (χ1n) is 9.16. The van der Waals surface area contributed by atoms with Gasteiger partial charge in [0.15, 0.2) is 0 Å². The average Bonchev–Trinajstić information content (AvgIpc) is 2.68. The number of piperazine rings is 1. The van der Waals surface area contributed by atoms with Gasteiger partial charge in [0.25, 0.3) is 5.91 Å². The van der Waals surface area contributed by atoms with Gasteiger partial charge in [-0.1, -0.05) is 23.7 Å². The molecule has 2 aromatic carbocycles. The lowest BCUT2D eigenvalue weighted by Gasteiger charge is -2.35. The first-order valence-corrected chi connectivity index (χ1v) is 11.0. The molecule has 0 atom stereocenters. The van der Waals surface area contributed by atoms with Crippen molar-refractivity contribution < 1.29 is 17.6 Å². The highest BCUT2D eigenvalue weighted by Crippen LogP contribution is 2.21. The minimum atomic E-state index is -3.48. The molecule has 29 heavy (non-hydrogen) atoms. The molecule has 0 bridgehead atoms. The number of nitrogens with zero attached hydrogens (tertiary/aromatic N) is 3. The topological polar surface area (TPSA) is 60.9 Å². The summed E-state index contributed by atoms with van der Waals surface area (Å²) in [4.78, 5) is 16.8. The summed E-state index contributed by atoms with van der Waals surface area (Å²) in [7, 11) is -0.464. The Morgan fingerprint density at radius 3 is 2.41 bits per heavy atom. The van der Waals surface area contributed by atoms with E-state index in [-0.39, 0.29) is 15.8 Å². The van der Waals surface area contributed by atoms with Gasteiger partial charge in [0.2, 0.25) is 10.0 Å². The van der Waals surface area contributed by atoms with Crippen LogP contribution in [0, 0.1) is 5.82 Å². The lowest BCUT2D eigenvalue weighted by Crippen LogP contribution is -2.48. The van der Waals surface area contributed by atoms with Gasteiger partial charge in [-0.2, -0.15) is 0 Å². The summed E-state index contributed by atoms with van der Waals surface area (Å²) in [5.41, 5.74) is 1.19. The lowest BCUT2D eigenvalue weighted by molar-refractivity contribution is 0.0628. The van der Waals surface area contributed by atoms with E-state index < -0.39 is 15.8 Å². The number of carbonyl (C=O) groups is 1. The van der Waals surface area contributed by atoms with Crippen LogP contribution in [0.2, 0.25) is 5.02 Å². The van der Waals surface area contributed by atoms with Crippen molar-refractivity contribution in [1.82, 2.24) is 14.1 Å². The van der Waals surface area contributed by atoms with Crippen LogP contribution in [0.3, 0.4) is 0 Å². The second-order valence-electron chi connectivity index (χ2n) is 7.13. The molecule has 156 valence electrons. The Labute approximate surface area is 175 Å². The molecule has 1 fully saturated rings. The molecule has 0 spiro atoms. The van der Waals surface area contributed by atoms with Crippen molar-refractivity contribution in [3.8, 4) is 0 Å². The average molecular weight is 440 g/mol. The van der Waals surface area contributed by atoms with Crippen LogP contribution < -0.4 is 0 Å². The fourth-order valence-electron chi connectivity index (χ4n) is 3.22. The lowest BCUT2D eigenvalue weighted by atomic mass is 10.1. The second-order valence-corrected chi connectivity index (χ2v) is 9.69. The highest BCUT2D eigenvalue weighted by Gasteiger charge is 2.24. The molecule has 0 N–H and O–H groups in total. The van der Waals surface area contributed by atoms with Gasteiger partial charge in [0.05, 0.1) is 15.5 Å². The number of benzene rings is 2. The fourth-order valence-corrected chi connectivity index (χ4v) is 4.44. The molecular weight excluding hydrogens is 417 g/mol. The zero-order chi connectivity index (χ0) is 21.2. The van der Waals surface area contributed by atoms with E-state index in [0.29, 0.717) is 38.3 Å². The van der Waals surface area contributed by atoms with E-state index in [9.17, 15) is 17.6 Å². The van der Waals surface area contributed by atoms with E-state index in [1.54, 1.807) is 23.1 Å². The van der Waals surface area contributed by atoms with E-state index in [2.05, 4.69) is 4.90 Å². The minimum absolute atomic E-state index is 0.108. The van der Waals surface area contributed by atoms with E-state index >= 15 is 0 Å². The Balaban J connectivity index is 1.62. The SMILES string of the molecule is CN(C)S(=O)(=O)c1cccc(CN2CCN(C(=O)c3ccc(F)cc3Cl)CC2)c1. The van der Waals surface area contributed by atoms with Crippen LogP contribution in [0.1, 0.15) is 15.9 Å². The number of halogens is 2. The molecule has 1 aliphatic heterocycles. The molecule has 6 nitrogen and oxygen atoms in total. The van der Waals surface area contributed by atoms with Crippen molar-refractivity contribution in [2.75, 3.05) is 40.3 Å². The van der Waals surface area contributed by atoms with Crippen LogP contribution in [-0.2, 0) is 16.6 Å². The van der Waals surface area contributed by atoms with Crippen molar-refractivity contribution in [2.24, 2.45) is 0 Å². The summed E-state index contributed by atoms with van der Waals surface area (Å²) in [6.45, 7) is 2.92. The van der Waals surface area contributed by atoms with Gasteiger partial charge in [-0.25, -0.2) is 17.1 Å². The predicted octanol–water partition coefficient (Wildman–Crippen LogP) is 2.69. The Kier molecular flexibility index (Phi) is 6.58. The summed E-state index contributed by atoms with van der Waals surface area (Å²) in [5.74, 6) is -0.691. The molecule has 1 saturated heterocycles. The number of amides is 1. The van der Waals surface area contributed by atoms with Gasteiger partial charge in [0.1, 0.15) is 5.82 Å². The number of hydrogen-bond donors (Lipinski definition) is 0. The van der Waals surface area contributed by atoms with Gasteiger partial charge in [-0.05, 0) is 35.9 Å². The minimum Gasteiger partial charge on any atom is -0.336 e. The zero-order valence-electron chi connectivity index (χ0n) is 16.3. The first-order chi connectivity index (χ1) is 13.7. The van der Waals surface area contributed by atoms with E-state index in [1.165, 1.54) is 30.5 Å². The van der Waals surface area contributed by atoms with Gasteiger partial charge < -0.3 is 4.90 Å². The highest BCUT2D eigenvalue weighted by atomic mass is 35.5. The molecule has 1 amide bonds. The van der Waals surface area contributed by atoms with E-state index in [0.717, 1.165) is 11.6 Å². The smallest absolute Gasteiger partial charge is 0.255 e. The number of rotatable bonds is 5. The molecule has 9 heteroatoms. The second kappa shape index (κ2) is 8.79. The molecule has 0 radical (unpaired) electrons. The van der Waals surface area contributed by atoms with Gasteiger partial charge in [-0.3, -0.25) is 9.69 Å². The Hall–Kier alpha value is -2.00. The molecule has 0 aliphatic carbocycles. The van der Waals surface area contributed by atoms with Gasteiger partial charge in [0, 0.05) is 46.8 Å². The monoisotopic (exact) mass is 439 g/mol. The standard InChI is InChI=1S/C20H23ClFN3O3S/c1-23(2)29(27,28)17-5-3-4-15(12-17)14-24-8-10-25(11-9-24)20(26)18-7-6-16(22)13-19(18)21/h3-7,12-13H,8-11,14H2,1-2H3. The highest BCUT2D eigenvalue weighted by molar-refractivity contribution is 7.89. The number of carbonyl (C=O) groups excluding carboxylic acids is 1. The maximum atomic E-state index is 13.2. The maximum absolute atomic E-state index is 13.2. The predicted molar refractivity (Wildman–Crippen MR) is 110 cm³/mol. The van der Waals surface area contributed by atoms with Crippen molar-refractivity contribution in [2.45, 2.75) is 11.4 Å². The summed E-state index contributed by atoms with van der Waals surface area (Å²) >= 11 is 6.00. The van der Waals surface area contributed by atoms with Crippen molar-refractivity contribution in [3.05, 3.63) is 64.4 Å². The number of hydrogen-bond acceptors (Lipinski definition) is 4. The molecular formula is C20H23ClFN3O3S. The third kappa shape index (κ3) is 4.95. The first kappa shape index (κ1) is 21.7. The summed E-state index contributed by atoms with van der Waals surface area (Å²) in [6.07, 6.45) is 0. The van der Waals surface area contributed by atoms with Crippen LogP contribution in [0.5, 0.6) is 0 Å². The zero-order valence-corrected chi connectivity index (χ0v) is 17.9. The van der Waals surface area contributed by atoms with E-state index in [4.69, 9.17) is 11.6 Å². The Morgan fingerprint density at radius 1 is 1.10 bits per heavy atom. The summed E-state index contributed by atoms with van der Waals surface area (Å²) in [5, 5.41) is 0.108. The molecule has 1 heterocycles. The van der Waals surface area contributed by atoms with Crippen molar-refractivity contribution in [3.63, 3.8) is 0 Å². The maximum Gasteiger partial charge on any atom is 0.255 e. The summed E-state index contributed by atoms with van der Waals surface area (Å²) < 4.78 is 39.0. The summed E-state index contributed by atoms with van der Waals surface area (Å²) in [6, 6.07) is 10.7. The molecule has 0 saturated carbocycles. The Morgan fingerprint density at radius 2 is 1.79 bits per heavy atom. The largest absolute Gasteiger partial charge is 0.336 e. The van der Waals surface area contributed by atoms with Crippen LogP contribution in [0.4, 0.5) is 4.39 Å². The van der Waals surface area contributed by atoms with E-state index in [1.807, 2.05) is 6.07 Å². The molecule has 0 aromatic heterocycles. The van der Waals surface area contributed by atoms with Crippen LogP contribution >= 0.6 is 11.6 Å². The molecule has 1 aliphatic rings. The van der Waals surface area contributed by atoms with Gasteiger partial charge >= 0.3 is 0 Å². The Bertz CT molecular complexity index is 1010. The third-order valence-electron chi connectivity index (χ3n) is 4.90. The van der Waals surface area contributed by atoms with Crippen LogP contribution in [-0.4, -0.2) is 68.7 Å². The normalized spacial score (nSPS) is 15.7. The van der Waals surface area contributed by atoms with Crippen LogP contribution in [0.25, 0.3) is 0 Å². The quantitative estimate of drug-likeness (QED) is 0.718. The molecule has 3 rings (SSSR count). The molecule has 0 unspecified atom stereocenters. The van der Waals surface area contributed by atoms with Gasteiger partial charge in [-0.15, -0.1) is 0 Å². The fraction of sp³-hybridized carbons (Fsp3) is 0.350. The van der Waals surface area contributed by atoms with Crippen molar-refractivity contribution in [1.29, 1.82) is 0 Å². The number of sulfonamides is 1. The van der Waals surface area contributed by atoms with Crippen LogP contribution in [0.15, 0.2) is 47.4 Å². The third-order valence-corrected chi connectivity index (χ3v) is 7.03.